The van der Waals surface area contributed by atoms with Crippen molar-refractivity contribution in [2.24, 2.45) is 5.92 Å². The first-order chi connectivity index (χ1) is 6.87. The van der Waals surface area contributed by atoms with Crippen molar-refractivity contribution in [3.05, 3.63) is 0 Å². The minimum atomic E-state index is 0.0594. The van der Waals surface area contributed by atoms with Gasteiger partial charge in [0.05, 0.1) is 6.54 Å². The predicted molar refractivity (Wildman–Crippen MR) is 64.8 cm³/mol. The van der Waals surface area contributed by atoms with E-state index in [9.17, 15) is 4.79 Å². The summed E-state index contributed by atoms with van der Waals surface area (Å²) in [4.78, 5) is 11.4. The van der Waals surface area contributed by atoms with Crippen molar-refractivity contribution in [2.45, 2.75) is 53.0 Å². The average molecular weight is 214 g/mol. The molecule has 0 aromatic heterocycles. The molecule has 0 aromatic rings. The fourth-order valence-electron chi connectivity index (χ4n) is 1.41. The van der Waals surface area contributed by atoms with E-state index in [1.807, 2.05) is 0 Å². The Morgan fingerprint density at radius 2 is 1.93 bits per heavy atom. The molecule has 15 heavy (non-hydrogen) atoms. The molecular formula is C12H26N2O. The van der Waals surface area contributed by atoms with Crippen molar-refractivity contribution < 1.29 is 4.79 Å². The van der Waals surface area contributed by atoms with Crippen molar-refractivity contribution in [1.82, 2.24) is 10.6 Å². The second kappa shape index (κ2) is 6.83. The van der Waals surface area contributed by atoms with Crippen molar-refractivity contribution >= 4 is 5.91 Å². The maximum absolute atomic E-state index is 11.4. The molecule has 0 saturated carbocycles. The molecule has 90 valence electrons. The van der Waals surface area contributed by atoms with Gasteiger partial charge in [0.15, 0.2) is 0 Å². The number of amides is 1. The van der Waals surface area contributed by atoms with E-state index in [1.54, 1.807) is 0 Å². The van der Waals surface area contributed by atoms with Crippen LogP contribution in [0, 0.1) is 5.92 Å². The van der Waals surface area contributed by atoms with Crippen molar-refractivity contribution in [3.63, 3.8) is 0 Å². The zero-order chi connectivity index (χ0) is 11.9. The van der Waals surface area contributed by atoms with Gasteiger partial charge in [0, 0.05) is 12.1 Å². The van der Waals surface area contributed by atoms with Gasteiger partial charge in [-0.05, 0) is 26.2 Å². The Kier molecular flexibility index (Phi) is 6.57. The fourth-order valence-corrected chi connectivity index (χ4v) is 1.41. The lowest BCUT2D eigenvalue weighted by Crippen LogP contribution is -2.45. The van der Waals surface area contributed by atoms with Crippen molar-refractivity contribution in [2.75, 3.05) is 13.1 Å². The quantitative estimate of drug-likeness (QED) is 0.680. The van der Waals surface area contributed by atoms with Crippen LogP contribution in [0.2, 0.25) is 0 Å². The van der Waals surface area contributed by atoms with Gasteiger partial charge >= 0.3 is 0 Å². The maximum Gasteiger partial charge on any atom is 0.233 e. The largest absolute Gasteiger partial charge is 0.355 e. The summed E-state index contributed by atoms with van der Waals surface area (Å²) >= 11 is 0. The third-order valence-corrected chi connectivity index (χ3v) is 2.31. The molecule has 0 unspecified atom stereocenters. The topological polar surface area (TPSA) is 41.1 Å². The van der Waals surface area contributed by atoms with Gasteiger partial charge in [0.1, 0.15) is 0 Å². The number of carbonyl (C=O) groups excluding carboxylic acids is 1. The molecule has 0 saturated heterocycles. The van der Waals surface area contributed by atoms with Crippen LogP contribution < -0.4 is 10.6 Å². The summed E-state index contributed by atoms with van der Waals surface area (Å²) < 4.78 is 0. The third-order valence-electron chi connectivity index (χ3n) is 2.31. The Hall–Kier alpha value is -0.570. The highest BCUT2D eigenvalue weighted by Gasteiger charge is 2.16. The van der Waals surface area contributed by atoms with E-state index in [0.29, 0.717) is 12.5 Å². The highest BCUT2D eigenvalue weighted by molar-refractivity contribution is 5.78. The lowest BCUT2D eigenvalue weighted by molar-refractivity contribution is -0.120. The van der Waals surface area contributed by atoms with E-state index in [4.69, 9.17) is 0 Å². The number of hydrogen-bond donors (Lipinski definition) is 2. The summed E-state index contributed by atoms with van der Waals surface area (Å²) in [6, 6.07) is 0. The number of carbonyl (C=O) groups is 1. The molecule has 0 bridgehead atoms. The Morgan fingerprint density at radius 3 is 2.40 bits per heavy atom. The molecular weight excluding hydrogens is 188 g/mol. The van der Waals surface area contributed by atoms with Gasteiger partial charge in [0.25, 0.3) is 0 Å². The molecule has 0 aromatic carbocycles. The monoisotopic (exact) mass is 214 g/mol. The lowest BCUT2D eigenvalue weighted by Gasteiger charge is -2.25. The molecule has 1 amide bonds. The minimum absolute atomic E-state index is 0.0594. The summed E-state index contributed by atoms with van der Waals surface area (Å²) in [6.07, 6.45) is 2.22. The van der Waals surface area contributed by atoms with Crippen LogP contribution in [-0.2, 0) is 4.79 Å². The van der Waals surface area contributed by atoms with E-state index in [0.717, 1.165) is 19.4 Å². The standard InChI is InChI=1S/C12H26N2O/c1-6-7-12(4,5)14-9-11(15)13-8-10(2)3/h10,14H,6-9H2,1-5H3,(H,13,15). The van der Waals surface area contributed by atoms with Gasteiger partial charge in [-0.1, -0.05) is 27.2 Å². The van der Waals surface area contributed by atoms with Crippen LogP contribution in [-0.4, -0.2) is 24.5 Å². The Labute approximate surface area is 94.0 Å². The summed E-state index contributed by atoms with van der Waals surface area (Å²) in [6.45, 7) is 11.8. The normalized spacial score (nSPS) is 11.9. The smallest absolute Gasteiger partial charge is 0.233 e. The summed E-state index contributed by atoms with van der Waals surface area (Å²) in [5, 5.41) is 6.17. The molecule has 0 aliphatic carbocycles. The minimum Gasteiger partial charge on any atom is -0.355 e. The van der Waals surface area contributed by atoms with Crippen molar-refractivity contribution in [3.8, 4) is 0 Å². The summed E-state index contributed by atoms with van der Waals surface area (Å²) in [7, 11) is 0. The second-order valence-electron chi connectivity index (χ2n) is 5.19. The molecule has 2 N–H and O–H groups in total. The fraction of sp³-hybridized carbons (Fsp3) is 0.917. The number of rotatable bonds is 7. The summed E-state index contributed by atoms with van der Waals surface area (Å²) in [5.41, 5.74) is 0.0594. The first-order valence-corrected chi connectivity index (χ1v) is 5.89. The van der Waals surface area contributed by atoms with Gasteiger partial charge in [-0.2, -0.15) is 0 Å². The molecule has 3 heteroatoms. The molecule has 0 atom stereocenters. The van der Waals surface area contributed by atoms with Crippen LogP contribution in [0.4, 0.5) is 0 Å². The molecule has 0 aliphatic heterocycles. The first kappa shape index (κ1) is 14.4. The van der Waals surface area contributed by atoms with Crippen molar-refractivity contribution in [1.29, 1.82) is 0 Å². The zero-order valence-corrected chi connectivity index (χ0v) is 10.8. The van der Waals surface area contributed by atoms with E-state index in [-0.39, 0.29) is 11.4 Å². The molecule has 3 nitrogen and oxygen atoms in total. The van der Waals surface area contributed by atoms with E-state index >= 15 is 0 Å². The van der Waals surface area contributed by atoms with E-state index < -0.39 is 0 Å². The summed E-state index contributed by atoms with van der Waals surface area (Å²) in [5.74, 6) is 0.602. The maximum atomic E-state index is 11.4. The van der Waals surface area contributed by atoms with Crippen LogP contribution in [0.5, 0.6) is 0 Å². The van der Waals surface area contributed by atoms with Gasteiger partial charge < -0.3 is 10.6 Å². The van der Waals surface area contributed by atoms with Crippen LogP contribution in [0.3, 0.4) is 0 Å². The van der Waals surface area contributed by atoms with E-state index in [1.165, 1.54) is 0 Å². The molecule has 0 spiro atoms. The van der Waals surface area contributed by atoms with Crippen LogP contribution in [0.1, 0.15) is 47.5 Å². The second-order valence-corrected chi connectivity index (χ2v) is 5.19. The lowest BCUT2D eigenvalue weighted by atomic mass is 9.99. The predicted octanol–water partition coefficient (Wildman–Crippen LogP) is 1.93. The van der Waals surface area contributed by atoms with Gasteiger partial charge in [-0.25, -0.2) is 0 Å². The third kappa shape index (κ3) is 8.43. The van der Waals surface area contributed by atoms with Crippen LogP contribution in [0.15, 0.2) is 0 Å². The number of nitrogens with one attached hydrogen (secondary N) is 2. The van der Waals surface area contributed by atoms with Crippen LogP contribution >= 0.6 is 0 Å². The average Bonchev–Trinajstić information content (AvgIpc) is 2.11. The van der Waals surface area contributed by atoms with Gasteiger partial charge in [-0.15, -0.1) is 0 Å². The van der Waals surface area contributed by atoms with E-state index in [2.05, 4.69) is 45.3 Å². The van der Waals surface area contributed by atoms with Gasteiger partial charge in [0.2, 0.25) is 5.91 Å². The Balaban J connectivity index is 3.70. The Bertz CT molecular complexity index is 188. The van der Waals surface area contributed by atoms with Crippen LogP contribution in [0.25, 0.3) is 0 Å². The number of hydrogen-bond acceptors (Lipinski definition) is 2. The molecule has 0 fully saturated rings. The Morgan fingerprint density at radius 1 is 1.33 bits per heavy atom. The highest BCUT2D eigenvalue weighted by atomic mass is 16.1. The highest BCUT2D eigenvalue weighted by Crippen LogP contribution is 2.09. The molecule has 0 radical (unpaired) electrons. The first-order valence-electron chi connectivity index (χ1n) is 5.89. The molecule has 0 aliphatic rings. The molecule has 0 rings (SSSR count). The SMILES string of the molecule is CCCC(C)(C)NCC(=O)NCC(C)C. The van der Waals surface area contributed by atoms with Gasteiger partial charge in [-0.3, -0.25) is 4.79 Å². The zero-order valence-electron chi connectivity index (χ0n) is 10.8. The molecule has 0 heterocycles.